The minimum atomic E-state index is -2.99. The van der Waals surface area contributed by atoms with Crippen LogP contribution in [0.3, 0.4) is 0 Å². The van der Waals surface area contributed by atoms with Gasteiger partial charge in [-0.1, -0.05) is 0 Å². The van der Waals surface area contributed by atoms with E-state index in [9.17, 15) is 18.9 Å². The Kier molecular flexibility index (Phi) is 3.13. The van der Waals surface area contributed by atoms with Crippen molar-refractivity contribution in [3.05, 3.63) is 27.4 Å². The molecule has 5 nitrogen and oxygen atoms in total. The summed E-state index contributed by atoms with van der Waals surface area (Å²) in [5.74, 6) is -0.415. The molecule has 0 radical (unpaired) electrons. The first-order valence-electron chi connectivity index (χ1n) is 3.95. The quantitative estimate of drug-likeness (QED) is 0.576. The molecule has 0 aliphatic rings. The van der Waals surface area contributed by atoms with Gasteiger partial charge in [-0.2, -0.15) is 0 Å². The molecule has 0 atom stereocenters. The predicted molar refractivity (Wildman–Crippen MR) is 47.1 cm³/mol. The molecular formula is C8H8F2N2O3. The Labute approximate surface area is 83.8 Å². The lowest BCUT2D eigenvalue weighted by atomic mass is 10.1. The van der Waals surface area contributed by atoms with E-state index in [0.717, 1.165) is 13.3 Å². The Balaban J connectivity index is 3.51. The highest BCUT2D eigenvalue weighted by molar-refractivity contribution is 5.51. The van der Waals surface area contributed by atoms with Crippen molar-refractivity contribution in [3.63, 3.8) is 0 Å². The summed E-state index contributed by atoms with van der Waals surface area (Å²) in [6.07, 6.45) is -1.87. The number of methoxy groups -OCH3 is 1. The van der Waals surface area contributed by atoms with Crippen molar-refractivity contribution in [2.75, 3.05) is 7.11 Å². The second kappa shape index (κ2) is 4.16. The Hall–Kier alpha value is -1.79. The lowest BCUT2D eigenvalue weighted by Crippen LogP contribution is -2.03. The maximum atomic E-state index is 12.6. The van der Waals surface area contributed by atoms with Crippen LogP contribution in [0.15, 0.2) is 6.20 Å². The van der Waals surface area contributed by atoms with Crippen LogP contribution in [0.2, 0.25) is 0 Å². The molecule has 0 bridgehead atoms. The first-order chi connectivity index (χ1) is 6.99. The molecule has 0 amide bonds. The molecule has 1 aromatic rings. The average Bonchev–Trinajstić information content (AvgIpc) is 2.16. The second-order valence-electron chi connectivity index (χ2n) is 2.77. The summed E-state index contributed by atoms with van der Waals surface area (Å²) in [6, 6.07) is 0. The van der Waals surface area contributed by atoms with Gasteiger partial charge in [0, 0.05) is 11.8 Å². The van der Waals surface area contributed by atoms with Gasteiger partial charge in [0.1, 0.15) is 0 Å². The van der Waals surface area contributed by atoms with Gasteiger partial charge in [0.2, 0.25) is 5.88 Å². The third-order valence-corrected chi connectivity index (χ3v) is 1.83. The van der Waals surface area contributed by atoms with E-state index < -0.39 is 28.5 Å². The summed E-state index contributed by atoms with van der Waals surface area (Å²) in [6.45, 7) is 1.34. The number of halogens is 2. The van der Waals surface area contributed by atoms with Crippen LogP contribution in [0.25, 0.3) is 0 Å². The van der Waals surface area contributed by atoms with Crippen molar-refractivity contribution in [3.8, 4) is 5.88 Å². The number of rotatable bonds is 3. The number of alkyl halides is 2. The zero-order chi connectivity index (χ0) is 11.6. The average molecular weight is 218 g/mol. The molecule has 0 aliphatic carbocycles. The van der Waals surface area contributed by atoms with Crippen LogP contribution in [0.1, 0.15) is 17.6 Å². The monoisotopic (exact) mass is 218 g/mol. The van der Waals surface area contributed by atoms with Gasteiger partial charge in [0.15, 0.2) is 5.56 Å². The fourth-order valence-electron chi connectivity index (χ4n) is 1.20. The van der Waals surface area contributed by atoms with Gasteiger partial charge in [-0.25, -0.2) is 13.8 Å². The van der Waals surface area contributed by atoms with Gasteiger partial charge >= 0.3 is 0 Å². The van der Waals surface area contributed by atoms with Gasteiger partial charge in [-0.3, -0.25) is 10.1 Å². The maximum absolute atomic E-state index is 12.6. The maximum Gasteiger partial charge on any atom is 0.288 e. The van der Waals surface area contributed by atoms with Crippen LogP contribution < -0.4 is 4.74 Å². The van der Waals surface area contributed by atoms with Crippen LogP contribution in [0, 0.1) is 17.0 Å². The van der Waals surface area contributed by atoms with E-state index in [1.807, 2.05) is 0 Å². The van der Waals surface area contributed by atoms with Crippen LogP contribution >= 0.6 is 0 Å². The third kappa shape index (κ3) is 2.00. The number of ether oxygens (including phenoxy) is 1. The standard InChI is InChI=1S/C8H8F2N2O3/c1-4-3-11-8(15-2)5(7(9)10)6(4)12(13)14/h3,7H,1-2H3. The molecular weight excluding hydrogens is 210 g/mol. The largest absolute Gasteiger partial charge is 0.480 e. The minimum absolute atomic E-state index is 0.0797. The highest BCUT2D eigenvalue weighted by Gasteiger charge is 2.29. The molecule has 82 valence electrons. The van der Waals surface area contributed by atoms with Gasteiger partial charge in [0.25, 0.3) is 12.1 Å². The van der Waals surface area contributed by atoms with E-state index >= 15 is 0 Å². The first kappa shape index (κ1) is 11.3. The molecule has 0 aliphatic heterocycles. The highest BCUT2D eigenvalue weighted by atomic mass is 19.3. The molecule has 0 saturated carbocycles. The molecule has 15 heavy (non-hydrogen) atoms. The molecule has 1 rings (SSSR count). The van der Waals surface area contributed by atoms with E-state index in [-0.39, 0.29) is 5.56 Å². The van der Waals surface area contributed by atoms with Crippen LogP contribution in [-0.4, -0.2) is 17.0 Å². The normalized spacial score (nSPS) is 10.5. The smallest absolute Gasteiger partial charge is 0.288 e. The number of pyridine rings is 1. The van der Waals surface area contributed by atoms with Gasteiger partial charge < -0.3 is 4.74 Å². The van der Waals surface area contributed by atoms with E-state index in [4.69, 9.17) is 0 Å². The lowest BCUT2D eigenvalue weighted by Gasteiger charge is -2.08. The van der Waals surface area contributed by atoms with E-state index in [0.29, 0.717) is 0 Å². The van der Waals surface area contributed by atoms with Crippen molar-refractivity contribution in [1.29, 1.82) is 0 Å². The fraction of sp³-hybridized carbons (Fsp3) is 0.375. The predicted octanol–water partition coefficient (Wildman–Crippen LogP) is 2.24. The van der Waals surface area contributed by atoms with Crippen molar-refractivity contribution in [2.24, 2.45) is 0 Å². The van der Waals surface area contributed by atoms with Crippen LogP contribution in [0.5, 0.6) is 5.88 Å². The van der Waals surface area contributed by atoms with Crippen molar-refractivity contribution >= 4 is 5.69 Å². The Morgan fingerprint density at radius 1 is 1.60 bits per heavy atom. The topological polar surface area (TPSA) is 65.3 Å². The summed E-state index contributed by atoms with van der Waals surface area (Å²) in [7, 11) is 1.13. The van der Waals surface area contributed by atoms with E-state index in [1.165, 1.54) is 6.92 Å². The Bertz CT molecular complexity index is 396. The molecule has 0 fully saturated rings. The van der Waals surface area contributed by atoms with Crippen LogP contribution in [-0.2, 0) is 0 Å². The zero-order valence-electron chi connectivity index (χ0n) is 8.03. The highest BCUT2D eigenvalue weighted by Crippen LogP contribution is 2.36. The molecule has 1 aromatic heterocycles. The first-order valence-corrected chi connectivity index (χ1v) is 3.95. The fourth-order valence-corrected chi connectivity index (χ4v) is 1.20. The molecule has 0 unspecified atom stereocenters. The van der Waals surface area contributed by atoms with Crippen molar-refractivity contribution < 1.29 is 18.4 Å². The van der Waals surface area contributed by atoms with E-state index in [1.54, 1.807) is 0 Å². The minimum Gasteiger partial charge on any atom is -0.480 e. The Morgan fingerprint density at radius 3 is 2.60 bits per heavy atom. The number of aromatic nitrogens is 1. The molecule has 0 aromatic carbocycles. The number of aryl methyl sites for hydroxylation is 1. The van der Waals surface area contributed by atoms with Crippen molar-refractivity contribution in [1.82, 2.24) is 4.98 Å². The summed E-state index contributed by atoms with van der Waals surface area (Å²) in [5.41, 5.74) is -1.34. The van der Waals surface area contributed by atoms with Crippen LogP contribution in [0.4, 0.5) is 14.5 Å². The SMILES string of the molecule is COc1ncc(C)c([N+](=O)[O-])c1C(F)F. The summed E-state index contributed by atoms with van der Waals surface area (Å²) in [4.78, 5) is 13.3. The van der Waals surface area contributed by atoms with Gasteiger partial charge in [-0.05, 0) is 6.92 Å². The molecule has 1 heterocycles. The number of hydrogen-bond donors (Lipinski definition) is 0. The molecule has 7 heteroatoms. The third-order valence-electron chi connectivity index (χ3n) is 1.83. The lowest BCUT2D eigenvalue weighted by molar-refractivity contribution is -0.387. The zero-order valence-corrected chi connectivity index (χ0v) is 8.03. The summed E-state index contributed by atoms with van der Waals surface area (Å²) < 4.78 is 29.7. The number of hydrogen-bond acceptors (Lipinski definition) is 4. The second-order valence-corrected chi connectivity index (χ2v) is 2.77. The molecule has 0 saturated heterocycles. The Morgan fingerprint density at radius 2 is 2.20 bits per heavy atom. The molecule has 0 spiro atoms. The van der Waals surface area contributed by atoms with E-state index in [2.05, 4.69) is 9.72 Å². The number of nitrogens with zero attached hydrogens (tertiary/aromatic N) is 2. The summed E-state index contributed by atoms with van der Waals surface area (Å²) >= 11 is 0. The van der Waals surface area contributed by atoms with Gasteiger partial charge in [0.05, 0.1) is 12.0 Å². The van der Waals surface area contributed by atoms with Crippen molar-refractivity contribution in [2.45, 2.75) is 13.3 Å². The molecule has 0 N–H and O–H groups in total. The summed E-state index contributed by atoms with van der Waals surface area (Å²) in [5, 5.41) is 10.6. The van der Waals surface area contributed by atoms with Gasteiger partial charge in [-0.15, -0.1) is 0 Å². The number of nitro groups is 1.